The first-order chi connectivity index (χ1) is 14.6. The lowest BCUT2D eigenvalue weighted by Crippen LogP contribution is -2.22. The van der Waals surface area contributed by atoms with Gasteiger partial charge in [0.2, 0.25) is 11.9 Å². The lowest BCUT2D eigenvalue weighted by atomic mass is 10.1. The van der Waals surface area contributed by atoms with Crippen LogP contribution in [0.2, 0.25) is 0 Å². The van der Waals surface area contributed by atoms with Gasteiger partial charge in [0.25, 0.3) is 0 Å². The molecule has 1 fully saturated rings. The number of ketones is 1. The molecule has 0 spiro atoms. The van der Waals surface area contributed by atoms with Gasteiger partial charge in [0.05, 0.1) is 18.6 Å². The highest BCUT2D eigenvalue weighted by atomic mass is 32.2. The summed E-state index contributed by atoms with van der Waals surface area (Å²) in [6, 6.07) is 10.7. The summed E-state index contributed by atoms with van der Waals surface area (Å²) >= 11 is 1.33. The number of hydrogen-bond acceptors (Lipinski definition) is 7. The zero-order valence-corrected chi connectivity index (χ0v) is 17.5. The van der Waals surface area contributed by atoms with Crippen molar-refractivity contribution in [3.63, 3.8) is 0 Å². The molecule has 3 heterocycles. The third-order valence-electron chi connectivity index (χ3n) is 4.87. The van der Waals surface area contributed by atoms with Crippen molar-refractivity contribution in [2.24, 2.45) is 0 Å². The third-order valence-corrected chi connectivity index (χ3v) is 5.83. The van der Waals surface area contributed by atoms with E-state index in [1.807, 2.05) is 16.7 Å². The molecule has 0 aliphatic carbocycles. The minimum atomic E-state index is -0.170. The molecule has 0 unspecified atom stereocenters. The van der Waals surface area contributed by atoms with E-state index in [-0.39, 0.29) is 17.4 Å². The largest absolute Gasteiger partial charge is 0.467 e. The van der Waals surface area contributed by atoms with Crippen LogP contribution in [0.15, 0.2) is 52.2 Å². The van der Waals surface area contributed by atoms with Crippen molar-refractivity contribution >= 4 is 35.1 Å². The molecule has 0 bridgehead atoms. The Labute approximate surface area is 178 Å². The average molecular weight is 426 g/mol. The van der Waals surface area contributed by atoms with Gasteiger partial charge in [-0.15, -0.1) is 10.2 Å². The van der Waals surface area contributed by atoms with Crippen molar-refractivity contribution < 1.29 is 14.0 Å². The first-order valence-electron chi connectivity index (χ1n) is 9.84. The number of nitrogens with one attached hydrogen (secondary N) is 1. The van der Waals surface area contributed by atoms with Gasteiger partial charge >= 0.3 is 0 Å². The molecule has 1 aliphatic rings. The second-order valence-corrected chi connectivity index (χ2v) is 8.06. The SMILES string of the molecule is CC(=O)c1cccc(NC(=O)CSc2nnc(N3CCCC3)n2Cc2ccco2)c1. The topological polar surface area (TPSA) is 93.3 Å². The van der Waals surface area contributed by atoms with Crippen LogP contribution in [0.25, 0.3) is 0 Å². The van der Waals surface area contributed by atoms with Crippen molar-refractivity contribution in [1.82, 2.24) is 14.8 Å². The second kappa shape index (κ2) is 9.17. The van der Waals surface area contributed by atoms with Crippen molar-refractivity contribution in [2.75, 3.05) is 29.1 Å². The van der Waals surface area contributed by atoms with Gasteiger partial charge in [0, 0.05) is 24.3 Å². The van der Waals surface area contributed by atoms with E-state index in [9.17, 15) is 9.59 Å². The number of carbonyl (C=O) groups is 2. The number of anilines is 2. The molecule has 1 aromatic carbocycles. The molecule has 156 valence electrons. The van der Waals surface area contributed by atoms with E-state index in [1.165, 1.54) is 18.7 Å². The standard InChI is InChI=1S/C21H23N5O3S/c1-15(27)16-6-4-7-17(12-16)22-19(28)14-30-21-24-23-20(25-9-2-3-10-25)26(21)13-18-8-5-11-29-18/h4-8,11-12H,2-3,9-10,13-14H2,1H3,(H,22,28). The van der Waals surface area contributed by atoms with Crippen LogP contribution in [0.5, 0.6) is 0 Å². The highest BCUT2D eigenvalue weighted by molar-refractivity contribution is 7.99. The van der Waals surface area contributed by atoms with Crippen LogP contribution in [0.4, 0.5) is 11.6 Å². The number of hydrogen-bond donors (Lipinski definition) is 1. The predicted molar refractivity (Wildman–Crippen MR) is 115 cm³/mol. The number of aromatic nitrogens is 3. The summed E-state index contributed by atoms with van der Waals surface area (Å²) in [7, 11) is 0. The van der Waals surface area contributed by atoms with E-state index < -0.39 is 0 Å². The molecule has 0 saturated carbocycles. The van der Waals surface area contributed by atoms with Crippen LogP contribution in [0.1, 0.15) is 35.9 Å². The summed E-state index contributed by atoms with van der Waals surface area (Å²) in [5.74, 6) is 1.58. The number of thioether (sulfide) groups is 1. The first kappa shape index (κ1) is 20.2. The lowest BCUT2D eigenvalue weighted by Gasteiger charge is -2.17. The summed E-state index contributed by atoms with van der Waals surface area (Å²) in [6.45, 7) is 3.92. The molecular formula is C21H23N5O3S. The Balaban J connectivity index is 1.45. The Bertz CT molecular complexity index is 1030. The van der Waals surface area contributed by atoms with Crippen LogP contribution < -0.4 is 10.2 Å². The maximum Gasteiger partial charge on any atom is 0.234 e. The van der Waals surface area contributed by atoms with E-state index in [1.54, 1.807) is 30.5 Å². The normalized spacial score (nSPS) is 13.6. The number of nitrogens with zero attached hydrogens (tertiary/aromatic N) is 4. The van der Waals surface area contributed by atoms with Crippen molar-refractivity contribution in [1.29, 1.82) is 0 Å². The van der Waals surface area contributed by atoms with Crippen LogP contribution in [0, 0.1) is 0 Å². The van der Waals surface area contributed by atoms with E-state index >= 15 is 0 Å². The van der Waals surface area contributed by atoms with Gasteiger partial charge < -0.3 is 14.6 Å². The summed E-state index contributed by atoms with van der Waals surface area (Å²) < 4.78 is 7.50. The van der Waals surface area contributed by atoms with Crippen molar-refractivity contribution in [2.45, 2.75) is 31.5 Å². The van der Waals surface area contributed by atoms with Crippen molar-refractivity contribution in [3.8, 4) is 0 Å². The van der Waals surface area contributed by atoms with Crippen LogP contribution in [0.3, 0.4) is 0 Å². The quantitative estimate of drug-likeness (QED) is 0.436. The lowest BCUT2D eigenvalue weighted by molar-refractivity contribution is -0.113. The van der Waals surface area contributed by atoms with Gasteiger partial charge in [-0.3, -0.25) is 14.2 Å². The molecule has 0 atom stereocenters. The Kier molecular flexibility index (Phi) is 6.18. The molecule has 4 rings (SSSR count). The van der Waals surface area contributed by atoms with Gasteiger partial charge in [-0.25, -0.2) is 0 Å². The van der Waals surface area contributed by atoms with Crippen LogP contribution in [-0.2, 0) is 11.3 Å². The molecule has 2 aromatic heterocycles. The molecule has 1 aliphatic heterocycles. The van der Waals surface area contributed by atoms with Gasteiger partial charge in [-0.1, -0.05) is 23.9 Å². The van der Waals surface area contributed by atoms with E-state index in [0.29, 0.717) is 23.0 Å². The van der Waals surface area contributed by atoms with E-state index in [2.05, 4.69) is 20.4 Å². The van der Waals surface area contributed by atoms with Gasteiger partial charge in [0.15, 0.2) is 10.9 Å². The Morgan fingerprint density at radius 3 is 2.73 bits per heavy atom. The fraction of sp³-hybridized carbons (Fsp3) is 0.333. The smallest absolute Gasteiger partial charge is 0.234 e. The molecule has 3 aromatic rings. The number of carbonyl (C=O) groups excluding carboxylic acids is 2. The van der Waals surface area contributed by atoms with E-state index in [0.717, 1.165) is 37.6 Å². The predicted octanol–water partition coefficient (Wildman–Crippen LogP) is 3.45. The number of Topliss-reactive ketones (excluding diaryl/α,β-unsaturated/α-hetero) is 1. The van der Waals surface area contributed by atoms with Gasteiger partial charge in [-0.2, -0.15) is 0 Å². The fourth-order valence-electron chi connectivity index (χ4n) is 3.38. The number of benzene rings is 1. The highest BCUT2D eigenvalue weighted by Crippen LogP contribution is 2.26. The number of furan rings is 1. The second-order valence-electron chi connectivity index (χ2n) is 7.12. The molecule has 0 radical (unpaired) electrons. The molecule has 1 N–H and O–H groups in total. The zero-order chi connectivity index (χ0) is 20.9. The Hall–Kier alpha value is -3.07. The number of amides is 1. The minimum absolute atomic E-state index is 0.0408. The van der Waals surface area contributed by atoms with Gasteiger partial charge in [0.1, 0.15) is 5.76 Å². The molecular weight excluding hydrogens is 402 g/mol. The zero-order valence-electron chi connectivity index (χ0n) is 16.7. The first-order valence-corrected chi connectivity index (χ1v) is 10.8. The molecule has 8 nitrogen and oxygen atoms in total. The molecule has 1 saturated heterocycles. The third kappa shape index (κ3) is 4.73. The summed E-state index contributed by atoms with van der Waals surface area (Å²) in [5, 5.41) is 12.2. The maximum atomic E-state index is 12.5. The molecule has 1 amide bonds. The monoisotopic (exact) mass is 425 g/mol. The average Bonchev–Trinajstić information content (AvgIpc) is 3.49. The van der Waals surface area contributed by atoms with Crippen molar-refractivity contribution in [3.05, 3.63) is 54.0 Å². The minimum Gasteiger partial charge on any atom is -0.467 e. The molecule has 9 heteroatoms. The Morgan fingerprint density at radius 1 is 1.17 bits per heavy atom. The Morgan fingerprint density at radius 2 is 2.00 bits per heavy atom. The number of rotatable bonds is 8. The van der Waals surface area contributed by atoms with Crippen LogP contribution in [-0.4, -0.2) is 45.3 Å². The van der Waals surface area contributed by atoms with E-state index in [4.69, 9.17) is 4.42 Å². The highest BCUT2D eigenvalue weighted by Gasteiger charge is 2.22. The maximum absolute atomic E-state index is 12.5. The summed E-state index contributed by atoms with van der Waals surface area (Å²) in [6.07, 6.45) is 3.92. The fourth-order valence-corrected chi connectivity index (χ4v) is 4.11. The summed E-state index contributed by atoms with van der Waals surface area (Å²) in [4.78, 5) is 26.2. The summed E-state index contributed by atoms with van der Waals surface area (Å²) in [5.41, 5.74) is 1.16. The van der Waals surface area contributed by atoms with Gasteiger partial charge in [-0.05, 0) is 44.0 Å². The molecule has 30 heavy (non-hydrogen) atoms. The van der Waals surface area contributed by atoms with Crippen LogP contribution >= 0.6 is 11.8 Å².